The van der Waals surface area contributed by atoms with Gasteiger partial charge >= 0.3 is 5.97 Å². The number of nitrogens with one attached hydrogen (secondary N) is 1. The number of carbonyl (C=O) groups is 1. The molecule has 0 fully saturated rings. The minimum Gasteiger partial charge on any atom is -0.497 e. The van der Waals surface area contributed by atoms with E-state index in [1.807, 2.05) is 6.92 Å². The van der Waals surface area contributed by atoms with E-state index in [1.54, 1.807) is 38.5 Å². The Morgan fingerprint density at radius 1 is 1.37 bits per heavy atom. The Bertz CT molecular complexity index is 469. The van der Waals surface area contributed by atoms with Crippen LogP contribution in [0, 0.1) is 0 Å². The van der Waals surface area contributed by atoms with Gasteiger partial charge in [-0.3, -0.25) is 0 Å². The number of aliphatic carboxylic acids is 1. The monoisotopic (exact) mass is 265 g/mol. The lowest BCUT2D eigenvalue weighted by atomic mass is 10.2. The van der Waals surface area contributed by atoms with Crippen molar-refractivity contribution in [3.8, 4) is 11.5 Å². The lowest BCUT2D eigenvalue weighted by Crippen LogP contribution is -2.05. The number of carboxylic acids is 1. The van der Waals surface area contributed by atoms with E-state index in [-0.39, 0.29) is 0 Å². The third kappa shape index (κ3) is 4.21. The molecule has 0 spiro atoms. The van der Waals surface area contributed by atoms with Gasteiger partial charge in [0.05, 0.1) is 19.9 Å². The summed E-state index contributed by atoms with van der Waals surface area (Å²) in [5.74, 6) is 0.505. The van der Waals surface area contributed by atoms with Crippen molar-refractivity contribution in [2.75, 3.05) is 26.1 Å². The average Bonchev–Trinajstić information content (AvgIpc) is 2.42. The molecule has 0 aliphatic carbocycles. The molecule has 1 aromatic carbocycles. The van der Waals surface area contributed by atoms with Crippen LogP contribution in [0.15, 0.2) is 29.8 Å². The topological polar surface area (TPSA) is 67.8 Å². The number of hydrogen-bond acceptors (Lipinski definition) is 4. The molecule has 2 N–H and O–H groups in total. The van der Waals surface area contributed by atoms with Gasteiger partial charge in [-0.1, -0.05) is 13.0 Å². The molecule has 0 saturated heterocycles. The number of ether oxygens (including phenoxy) is 2. The fourth-order valence-corrected chi connectivity index (χ4v) is 1.62. The van der Waals surface area contributed by atoms with Crippen LogP contribution in [0.1, 0.15) is 13.3 Å². The van der Waals surface area contributed by atoms with E-state index in [2.05, 4.69) is 5.32 Å². The molecule has 0 aliphatic heterocycles. The second-order valence-electron chi connectivity index (χ2n) is 3.84. The molecule has 5 heteroatoms. The van der Waals surface area contributed by atoms with Gasteiger partial charge in [0.1, 0.15) is 11.5 Å². The second kappa shape index (κ2) is 7.31. The minimum absolute atomic E-state index is 0.384. The van der Waals surface area contributed by atoms with E-state index in [0.717, 1.165) is 5.69 Å². The number of rotatable bonds is 7. The van der Waals surface area contributed by atoms with Crippen molar-refractivity contribution in [3.05, 3.63) is 29.8 Å². The SMILES string of the molecule is CC/C(=C/CNc1cc(OC)ccc1OC)C(=O)O. The molecule has 1 aromatic rings. The fraction of sp³-hybridized carbons (Fsp3) is 0.357. The zero-order valence-electron chi connectivity index (χ0n) is 11.4. The summed E-state index contributed by atoms with van der Waals surface area (Å²) in [6.07, 6.45) is 2.15. The van der Waals surface area contributed by atoms with Crippen LogP contribution in [0.3, 0.4) is 0 Å². The first-order chi connectivity index (χ1) is 9.12. The van der Waals surface area contributed by atoms with Crippen LogP contribution in [0.4, 0.5) is 5.69 Å². The van der Waals surface area contributed by atoms with Crippen molar-refractivity contribution in [1.82, 2.24) is 0 Å². The summed E-state index contributed by atoms with van der Waals surface area (Å²) in [5.41, 5.74) is 1.15. The van der Waals surface area contributed by atoms with Gasteiger partial charge in [-0.25, -0.2) is 4.79 Å². The Balaban J connectivity index is 2.78. The third-order valence-electron chi connectivity index (χ3n) is 2.70. The molecule has 0 bridgehead atoms. The van der Waals surface area contributed by atoms with Gasteiger partial charge in [0.2, 0.25) is 0 Å². The van der Waals surface area contributed by atoms with Gasteiger partial charge in [-0.05, 0) is 18.6 Å². The molecule has 19 heavy (non-hydrogen) atoms. The summed E-state index contributed by atoms with van der Waals surface area (Å²) in [5, 5.41) is 12.0. The number of methoxy groups -OCH3 is 2. The molecule has 0 atom stereocenters. The molecule has 5 nitrogen and oxygen atoms in total. The van der Waals surface area contributed by atoms with E-state index < -0.39 is 5.97 Å². The van der Waals surface area contributed by atoms with Gasteiger partial charge in [-0.2, -0.15) is 0 Å². The maximum absolute atomic E-state index is 10.9. The maximum Gasteiger partial charge on any atom is 0.331 e. The van der Waals surface area contributed by atoms with E-state index in [9.17, 15) is 4.79 Å². The Hall–Kier alpha value is -2.17. The van der Waals surface area contributed by atoms with E-state index in [0.29, 0.717) is 30.0 Å². The van der Waals surface area contributed by atoms with Crippen molar-refractivity contribution in [1.29, 1.82) is 0 Å². The first kappa shape index (κ1) is 14.9. The van der Waals surface area contributed by atoms with Gasteiger partial charge in [0, 0.05) is 18.2 Å². The average molecular weight is 265 g/mol. The largest absolute Gasteiger partial charge is 0.497 e. The Morgan fingerprint density at radius 2 is 2.11 bits per heavy atom. The van der Waals surface area contributed by atoms with Crippen LogP contribution in [-0.4, -0.2) is 31.8 Å². The predicted molar refractivity (Wildman–Crippen MR) is 74.0 cm³/mol. The summed E-state index contributed by atoms with van der Waals surface area (Å²) >= 11 is 0. The standard InChI is InChI=1S/C14H19NO4/c1-4-10(14(16)17)7-8-15-12-9-11(18-2)5-6-13(12)19-3/h5-7,9,15H,4,8H2,1-3H3,(H,16,17)/b10-7-. The van der Waals surface area contributed by atoms with Crippen LogP contribution < -0.4 is 14.8 Å². The summed E-state index contributed by atoms with van der Waals surface area (Å²) in [6, 6.07) is 5.40. The summed E-state index contributed by atoms with van der Waals surface area (Å²) in [7, 11) is 3.17. The van der Waals surface area contributed by atoms with Crippen LogP contribution >= 0.6 is 0 Å². The highest BCUT2D eigenvalue weighted by Gasteiger charge is 2.05. The highest BCUT2D eigenvalue weighted by Crippen LogP contribution is 2.28. The van der Waals surface area contributed by atoms with Gasteiger partial charge in [0.25, 0.3) is 0 Å². The number of hydrogen-bond donors (Lipinski definition) is 2. The Labute approximate surface area is 112 Å². The number of carboxylic acid groups (broad SMARTS) is 1. The quantitative estimate of drug-likeness (QED) is 0.741. The molecular formula is C14H19NO4. The predicted octanol–water partition coefficient (Wildman–Crippen LogP) is 2.54. The van der Waals surface area contributed by atoms with E-state index >= 15 is 0 Å². The number of anilines is 1. The van der Waals surface area contributed by atoms with Crippen LogP contribution in [0.5, 0.6) is 11.5 Å². The van der Waals surface area contributed by atoms with Crippen molar-refractivity contribution >= 4 is 11.7 Å². The van der Waals surface area contributed by atoms with Gasteiger partial charge < -0.3 is 19.9 Å². The van der Waals surface area contributed by atoms with Crippen molar-refractivity contribution in [2.24, 2.45) is 0 Å². The lowest BCUT2D eigenvalue weighted by Gasteiger charge is -2.11. The third-order valence-corrected chi connectivity index (χ3v) is 2.70. The summed E-state index contributed by atoms with van der Waals surface area (Å²) < 4.78 is 10.4. The molecule has 104 valence electrons. The van der Waals surface area contributed by atoms with Crippen LogP contribution in [0.2, 0.25) is 0 Å². The lowest BCUT2D eigenvalue weighted by molar-refractivity contribution is -0.132. The molecule has 0 aromatic heterocycles. The highest BCUT2D eigenvalue weighted by atomic mass is 16.5. The van der Waals surface area contributed by atoms with Gasteiger partial charge in [0.15, 0.2) is 0 Å². The molecule has 0 amide bonds. The van der Waals surface area contributed by atoms with Crippen molar-refractivity contribution in [3.63, 3.8) is 0 Å². The zero-order valence-corrected chi connectivity index (χ0v) is 11.4. The van der Waals surface area contributed by atoms with Crippen molar-refractivity contribution in [2.45, 2.75) is 13.3 Å². The molecule has 0 saturated carbocycles. The minimum atomic E-state index is -0.887. The zero-order chi connectivity index (χ0) is 14.3. The maximum atomic E-state index is 10.9. The molecule has 0 unspecified atom stereocenters. The molecule has 0 aliphatic rings. The molecular weight excluding hydrogens is 246 g/mol. The second-order valence-corrected chi connectivity index (χ2v) is 3.84. The Kier molecular flexibility index (Phi) is 5.73. The Morgan fingerprint density at radius 3 is 2.63 bits per heavy atom. The van der Waals surface area contributed by atoms with Gasteiger partial charge in [-0.15, -0.1) is 0 Å². The fourth-order valence-electron chi connectivity index (χ4n) is 1.62. The smallest absolute Gasteiger partial charge is 0.331 e. The summed E-state index contributed by atoms with van der Waals surface area (Å²) in [6.45, 7) is 2.23. The van der Waals surface area contributed by atoms with E-state index in [1.165, 1.54) is 0 Å². The van der Waals surface area contributed by atoms with Crippen molar-refractivity contribution < 1.29 is 19.4 Å². The summed E-state index contributed by atoms with van der Waals surface area (Å²) in [4.78, 5) is 10.9. The van der Waals surface area contributed by atoms with E-state index in [4.69, 9.17) is 14.6 Å². The van der Waals surface area contributed by atoms with Crippen LogP contribution in [0.25, 0.3) is 0 Å². The molecule has 1 rings (SSSR count). The highest BCUT2D eigenvalue weighted by molar-refractivity contribution is 5.86. The number of benzene rings is 1. The first-order valence-electron chi connectivity index (χ1n) is 6.00. The molecule has 0 heterocycles. The van der Waals surface area contributed by atoms with Crippen LogP contribution in [-0.2, 0) is 4.79 Å². The molecule has 0 radical (unpaired) electrons. The normalized spacial score (nSPS) is 11.0. The first-order valence-corrected chi connectivity index (χ1v) is 6.00.